The maximum absolute atomic E-state index is 12.5. The van der Waals surface area contributed by atoms with E-state index in [0.29, 0.717) is 24.4 Å². The highest BCUT2D eigenvalue weighted by atomic mass is 35.5. The van der Waals surface area contributed by atoms with Crippen molar-refractivity contribution in [3.05, 3.63) is 35.4 Å². The fourth-order valence-electron chi connectivity index (χ4n) is 2.77. The predicted molar refractivity (Wildman–Crippen MR) is 75.9 cm³/mol. The Bertz CT molecular complexity index is 634. The molecule has 0 saturated carbocycles. The fraction of sp³-hybridized carbons (Fsp3) is 0.357. The number of likely N-dealkylation sites (tertiary alicyclic amines) is 1. The molecule has 0 aliphatic carbocycles. The minimum Gasteiger partial charge on any atom is -0.336 e. The number of imide groups is 1. The molecule has 1 spiro atoms. The SMILES string of the molecule is O=C1NC(=O)C2(CCN(C(=O)c3cccc(CCl)c3)C2)N1. The zero-order chi connectivity index (χ0) is 15.0. The number of carbonyl (C=O) groups excluding carboxylic acids is 3. The lowest BCUT2D eigenvalue weighted by atomic mass is 9.99. The van der Waals surface area contributed by atoms with E-state index in [0.717, 1.165) is 5.56 Å². The van der Waals surface area contributed by atoms with Gasteiger partial charge in [0.1, 0.15) is 5.54 Å². The van der Waals surface area contributed by atoms with Crippen LogP contribution < -0.4 is 10.6 Å². The first-order chi connectivity index (χ1) is 10.0. The molecule has 1 unspecified atom stereocenters. The summed E-state index contributed by atoms with van der Waals surface area (Å²) in [5.41, 5.74) is 0.426. The third-order valence-corrected chi connectivity index (χ3v) is 4.21. The van der Waals surface area contributed by atoms with Crippen LogP contribution in [0.4, 0.5) is 4.79 Å². The third-order valence-electron chi connectivity index (χ3n) is 3.90. The minimum absolute atomic E-state index is 0.159. The number of halogens is 1. The number of nitrogens with one attached hydrogen (secondary N) is 2. The van der Waals surface area contributed by atoms with Gasteiger partial charge < -0.3 is 10.2 Å². The molecule has 2 fully saturated rings. The topological polar surface area (TPSA) is 78.5 Å². The van der Waals surface area contributed by atoms with E-state index in [4.69, 9.17) is 11.6 Å². The summed E-state index contributed by atoms with van der Waals surface area (Å²) in [5, 5.41) is 4.85. The smallest absolute Gasteiger partial charge is 0.322 e. The van der Waals surface area contributed by atoms with Gasteiger partial charge in [0, 0.05) is 18.0 Å². The molecular formula is C14H14ClN3O3. The summed E-state index contributed by atoms with van der Waals surface area (Å²) < 4.78 is 0. The number of hydrogen-bond acceptors (Lipinski definition) is 3. The van der Waals surface area contributed by atoms with Gasteiger partial charge in [0.15, 0.2) is 0 Å². The maximum Gasteiger partial charge on any atom is 0.322 e. The van der Waals surface area contributed by atoms with Crippen molar-refractivity contribution in [2.75, 3.05) is 13.1 Å². The van der Waals surface area contributed by atoms with E-state index in [2.05, 4.69) is 10.6 Å². The van der Waals surface area contributed by atoms with Crippen molar-refractivity contribution in [3.8, 4) is 0 Å². The quantitative estimate of drug-likeness (QED) is 0.628. The van der Waals surface area contributed by atoms with Gasteiger partial charge in [-0.3, -0.25) is 14.9 Å². The molecule has 2 aliphatic rings. The standard InChI is InChI=1S/C14H14ClN3O3/c15-7-9-2-1-3-10(6-9)11(19)18-5-4-14(8-18)12(20)16-13(21)17-14/h1-3,6H,4-5,7-8H2,(H2,16,17,20,21). The van der Waals surface area contributed by atoms with Gasteiger partial charge in [0.25, 0.3) is 11.8 Å². The number of amides is 4. The summed E-state index contributed by atoms with van der Waals surface area (Å²) in [6.07, 6.45) is 0.422. The van der Waals surface area contributed by atoms with Crippen LogP contribution in [0.5, 0.6) is 0 Å². The van der Waals surface area contributed by atoms with Gasteiger partial charge in [-0.05, 0) is 24.1 Å². The Morgan fingerprint density at radius 1 is 1.38 bits per heavy atom. The predicted octanol–water partition coefficient (Wildman–Crippen LogP) is 0.849. The van der Waals surface area contributed by atoms with Crippen LogP contribution in [0.25, 0.3) is 0 Å². The van der Waals surface area contributed by atoms with Gasteiger partial charge in [-0.15, -0.1) is 11.6 Å². The summed E-state index contributed by atoms with van der Waals surface area (Å²) in [4.78, 5) is 37.2. The molecule has 4 amide bonds. The van der Waals surface area contributed by atoms with E-state index in [-0.39, 0.29) is 18.4 Å². The van der Waals surface area contributed by atoms with Gasteiger partial charge in [-0.25, -0.2) is 4.79 Å². The minimum atomic E-state index is -0.975. The van der Waals surface area contributed by atoms with Crippen molar-refractivity contribution in [1.29, 1.82) is 0 Å². The van der Waals surface area contributed by atoms with E-state index in [9.17, 15) is 14.4 Å². The number of alkyl halides is 1. The van der Waals surface area contributed by atoms with Crippen molar-refractivity contribution >= 4 is 29.4 Å². The van der Waals surface area contributed by atoms with Crippen molar-refractivity contribution < 1.29 is 14.4 Å². The Labute approximate surface area is 126 Å². The number of rotatable bonds is 2. The van der Waals surface area contributed by atoms with Crippen molar-refractivity contribution in [1.82, 2.24) is 15.5 Å². The van der Waals surface area contributed by atoms with E-state index >= 15 is 0 Å². The number of carbonyl (C=O) groups is 3. The van der Waals surface area contributed by atoms with Crippen LogP contribution in [0.2, 0.25) is 0 Å². The molecule has 2 N–H and O–H groups in total. The molecule has 6 nitrogen and oxygen atoms in total. The molecule has 21 heavy (non-hydrogen) atoms. The van der Waals surface area contributed by atoms with Gasteiger partial charge in [-0.2, -0.15) is 0 Å². The molecule has 2 aliphatic heterocycles. The first kappa shape index (κ1) is 13.9. The first-order valence-corrected chi connectivity index (χ1v) is 7.15. The lowest BCUT2D eigenvalue weighted by Crippen LogP contribution is -2.49. The van der Waals surface area contributed by atoms with Crippen LogP contribution in [0.3, 0.4) is 0 Å². The van der Waals surface area contributed by atoms with Crippen molar-refractivity contribution in [3.63, 3.8) is 0 Å². The highest BCUT2D eigenvalue weighted by molar-refractivity contribution is 6.17. The van der Waals surface area contributed by atoms with Crippen LogP contribution in [0.1, 0.15) is 22.3 Å². The zero-order valence-electron chi connectivity index (χ0n) is 11.2. The van der Waals surface area contributed by atoms with Crippen molar-refractivity contribution in [2.45, 2.75) is 17.8 Å². The molecule has 2 saturated heterocycles. The number of hydrogen-bond donors (Lipinski definition) is 2. The van der Waals surface area contributed by atoms with E-state index in [1.165, 1.54) is 0 Å². The summed E-state index contributed by atoms with van der Waals surface area (Å²) in [5.74, 6) is -0.186. The summed E-state index contributed by atoms with van der Waals surface area (Å²) in [7, 11) is 0. The van der Waals surface area contributed by atoms with Crippen LogP contribution in [-0.2, 0) is 10.7 Å². The second kappa shape index (κ2) is 5.04. The lowest BCUT2D eigenvalue weighted by Gasteiger charge is -2.21. The fourth-order valence-corrected chi connectivity index (χ4v) is 2.93. The average molecular weight is 308 g/mol. The van der Waals surface area contributed by atoms with Gasteiger partial charge >= 0.3 is 6.03 Å². The molecule has 1 atom stereocenters. The van der Waals surface area contributed by atoms with Gasteiger partial charge in [0.2, 0.25) is 0 Å². The van der Waals surface area contributed by atoms with E-state index in [1.54, 1.807) is 23.1 Å². The Morgan fingerprint density at radius 3 is 2.86 bits per heavy atom. The Balaban J connectivity index is 1.78. The summed E-state index contributed by atoms with van der Waals surface area (Å²) >= 11 is 5.77. The Morgan fingerprint density at radius 2 is 2.19 bits per heavy atom. The molecule has 0 bridgehead atoms. The number of nitrogens with zero attached hydrogens (tertiary/aromatic N) is 1. The van der Waals surface area contributed by atoms with E-state index in [1.807, 2.05) is 6.07 Å². The normalized spacial score (nSPS) is 24.3. The van der Waals surface area contributed by atoms with E-state index < -0.39 is 11.6 Å². The van der Waals surface area contributed by atoms with Crippen LogP contribution in [0.15, 0.2) is 24.3 Å². The van der Waals surface area contributed by atoms with Gasteiger partial charge in [-0.1, -0.05) is 12.1 Å². The number of benzene rings is 1. The average Bonchev–Trinajstić information content (AvgIpc) is 3.03. The highest BCUT2D eigenvalue weighted by Crippen LogP contribution is 2.26. The molecule has 1 aromatic rings. The third kappa shape index (κ3) is 2.35. The van der Waals surface area contributed by atoms with Crippen molar-refractivity contribution in [2.24, 2.45) is 0 Å². The first-order valence-electron chi connectivity index (χ1n) is 6.62. The second-order valence-corrected chi connectivity index (χ2v) is 5.57. The Kier molecular flexibility index (Phi) is 3.33. The largest absolute Gasteiger partial charge is 0.336 e. The molecule has 2 heterocycles. The maximum atomic E-state index is 12.5. The highest BCUT2D eigenvalue weighted by Gasteiger charge is 2.51. The molecule has 0 radical (unpaired) electrons. The number of urea groups is 1. The molecule has 3 rings (SSSR count). The summed E-state index contributed by atoms with van der Waals surface area (Å²) in [6, 6.07) is 6.59. The van der Waals surface area contributed by atoms with Crippen LogP contribution >= 0.6 is 11.6 Å². The molecule has 1 aromatic carbocycles. The zero-order valence-corrected chi connectivity index (χ0v) is 11.9. The monoisotopic (exact) mass is 307 g/mol. The summed E-state index contributed by atoms with van der Waals surface area (Å²) in [6.45, 7) is 0.617. The molecular weight excluding hydrogens is 294 g/mol. The van der Waals surface area contributed by atoms with Gasteiger partial charge in [0.05, 0.1) is 6.54 Å². The Hall–Kier alpha value is -2.08. The second-order valence-electron chi connectivity index (χ2n) is 5.30. The molecule has 0 aromatic heterocycles. The molecule has 110 valence electrons. The lowest BCUT2D eigenvalue weighted by molar-refractivity contribution is -0.123. The van der Waals surface area contributed by atoms with Crippen LogP contribution in [0, 0.1) is 0 Å². The molecule has 7 heteroatoms. The van der Waals surface area contributed by atoms with Crippen LogP contribution in [-0.4, -0.2) is 41.4 Å².